The number of benzene rings is 2. The molecule has 0 saturated heterocycles. The van der Waals surface area contributed by atoms with E-state index < -0.39 is 11.8 Å². The van der Waals surface area contributed by atoms with Crippen molar-refractivity contribution in [2.24, 2.45) is 0 Å². The van der Waals surface area contributed by atoms with Gasteiger partial charge in [-0.15, -0.1) is 0 Å². The van der Waals surface area contributed by atoms with Crippen molar-refractivity contribution in [2.45, 2.75) is 6.04 Å². The highest BCUT2D eigenvalue weighted by Crippen LogP contribution is 2.41. The lowest BCUT2D eigenvalue weighted by Crippen LogP contribution is -2.30. The first-order valence-corrected chi connectivity index (χ1v) is 8.80. The number of ether oxygens (including phenoxy) is 2. The fourth-order valence-corrected chi connectivity index (χ4v) is 3.98. The number of aromatic amines is 1. The molecule has 2 aliphatic rings. The number of carbonyl (C=O) groups is 2. The highest BCUT2D eigenvalue weighted by atomic mass is 16.5. The van der Waals surface area contributed by atoms with E-state index in [1.54, 1.807) is 26.5 Å². The summed E-state index contributed by atoms with van der Waals surface area (Å²) in [6.45, 7) is 0. The molecular weight excluding hydrogens is 358 g/mol. The lowest BCUT2D eigenvalue weighted by atomic mass is 9.94. The zero-order valence-corrected chi connectivity index (χ0v) is 15.3. The molecule has 0 fully saturated rings. The topological polar surface area (TPSA) is 92.4 Å². The molecule has 1 aromatic heterocycles. The second-order valence-corrected chi connectivity index (χ2v) is 6.73. The van der Waals surface area contributed by atoms with Gasteiger partial charge in [0.05, 0.1) is 25.8 Å². The van der Waals surface area contributed by atoms with E-state index in [0.717, 1.165) is 22.0 Å². The maximum absolute atomic E-state index is 12.5. The largest absolute Gasteiger partial charge is 0.497 e. The summed E-state index contributed by atoms with van der Waals surface area (Å²) in [6, 6.07) is 11.1. The Bertz CT molecular complexity index is 1170. The van der Waals surface area contributed by atoms with Crippen LogP contribution in [0.2, 0.25) is 0 Å². The van der Waals surface area contributed by atoms with E-state index in [2.05, 4.69) is 15.6 Å². The van der Waals surface area contributed by atoms with E-state index in [1.807, 2.05) is 30.3 Å². The molecule has 2 amide bonds. The Morgan fingerprint density at radius 2 is 1.71 bits per heavy atom. The van der Waals surface area contributed by atoms with Gasteiger partial charge in [-0.25, -0.2) is 0 Å². The molecule has 0 saturated carbocycles. The molecule has 7 nitrogen and oxygen atoms in total. The van der Waals surface area contributed by atoms with Crippen LogP contribution in [0.15, 0.2) is 48.3 Å². The van der Waals surface area contributed by atoms with Gasteiger partial charge in [0.1, 0.15) is 17.2 Å². The molecule has 0 spiro atoms. The van der Waals surface area contributed by atoms with Gasteiger partial charge in [0.25, 0.3) is 11.8 Å². The summed E-state index contributed by atoms with van der Waals surface area (Å²) in [5.74, 6) is 0.458. The quantitative estimate of drug-likeness (QED) is 0.611. The summed E-state index contributed by atoms with van der Waals surface area (Å²) in [5.41, 5.74) is 4.06. The zero-order valence-electron chi connectivity index (χ0n) is 15.3. The van der Waals surface area contributed by atoms with E-state index in [4.69, 9.17) is 9.47 Å². The van der Waals surface area contributed by atoms with Crippen molar-refractivity contribution in [2.75, 3.05) is 14.2 Å². The molecule has 7 heteroatoms. The highest BCUT2D eigenvalue weighted by molar-refractivity contribution is 6.37. The second kappa shape index (κ2) is 5.88. The summed E-state index contributed by atoms with van der Waals surface area (Å²) >= 11 is 0. The van der Waals surface area contributed by atoms with Crippen LogP contribution in [0, 0.1) is 0 Å². The summed E-state index contributed by atoms with van der Waals surface area (Å²) < 4.78 is 10.8. The average Bonchev–Trinajstić information content (AvgIpc) is 3.20. The Hall–Kier alpha value is -3.74. The number of fused-ring (bicyclic) bond motifs is 1. The molecule has 2 aromatic carbocycles. The Morgan fingerprint density at radius 3 is 2.43 bits per heavy atom. The number of hydrogen-bond donors (Lipinski definition) is 3. The highest BCUT2D eigenvalue weighted by Gasteiger charge is 2.38. The van der Waals surface area contributed by atoms with Gasteiger partial charge in [-0.3, -0.25) is 14.9 Å². The molecule has 2 aliphatic heterocycles. The van der Waals surface area contributed by atoms with Crippen LogP contribution in [-0.2, 0) is 9.59 Å². The number of rotatable bonds is 3. The smallest absolute Gasteiger partial charge is 0.275 e. The third-order valence-electron chi connectivity index (χ3n) is 5.25. The Labute approximate surface area is 160 Å². The first-order valence-electron chi connectivity index (χ1n) is 8.80. The third kappa shape index (κ3) is 2.22. The van der Waals surface area contributed by atoms with Gasteiger partial charge in [0.2, 0.25) is 0 Å². The van der Waals surface area contributed by atoms with E-state index in [0.29, 0.717) is 22.6 Å². The molecular formula is C21H17N3O4. The number of methoxy groups -OCH3 is 2. The summed E-state index contributed by atoms with van der Waals surface area (Å²) in [7, 11) is 3.18. The molecule has 1 unspecified atom stereocenters. The summed E-state index contributed by atoms with van der Waals surface area (Å²) in [4.78, 5) is 28.2. The molecule has 3 N–H and O–H groups in total. The van der Waals surface area contributed by atoms with Crippen molar-refractivity contribution in [1.29, 1.82) is 0 Å². The number of carbonyl (C=O) groups excluding carboxylic acids is 2. The van der Waals surface area contributed by atoms with Gasteiger partial charge in [0.15, 0.2) is 0 Å². The van der Waals surface area contributed by atoms with Crippen LogP contribution in [0.5, 0.6) is 11.5 Å². The Morgan fingerprint density at radius 1 is 0.964 bits per heavy atom. The summed E-state index contributed by atoms with van der Waals surface area (Å²) in [5, 5.41) is 6.59. The predicted molar refractivity (Wildman–Crippen MR) is 103 cm³/mol. The molecule has 140 valence electrons. The minimum Gasteiger partial charge on any atom is -0.497 e. The van der Waals surface area contributed by atoms with Gasteiger partial charge in [-0.05, 0) is 29.3 Å². The van der Waals surface area contributed by atoms with Crippen molar-refractivity contribution in [3.8, 4) is 11.5 Å². The van der Waals surface area contributed by atoms with Crippen molar-refractivity contribution in [1.82, 2.24) is 15.6 Å². The maximum Gasteiger partial charge on any atom is 0.275 e. The maximum atomic E-state index is 12.5. The fourth-order valence-electron chi connectivity index (χ4n) is 3.98. The van der Waals surface area contributed by atoms with Crippen LogP contribution < -0.4 is 20.1 Å². The second-order valence-electron chi connectivity index (χ2n) is 6.73. The molecule has 3 heterocycles. The Kier molecular flexibility index (Phi) is 3.45. The minimum atomic E-state index is -0.429. The molecule has 28 heavy (non-hydrogen) atoms. The number of amides is 2. The normalized spacial score (nSPS) is 17.9. The SMILES string of the molecule is COc1cc(OC)cc(C2NC3=C(C(=O)NC3=O)c3c[nH]c4cccc2c34)c1. The van der Waals surface area contributed by atoms with Crippen LogP contribution in [0.25, 0.3) is 16.5 Å². The molecule has 0 aliphatic carbocycles. The van der Waals surface area contributed by atoms with Crippen molar-refractivity contribution >= 4 is 28.3 Å². The van der Waals surface area contributed by atoms with E-state index in [1.165, 1.54) is 0 Å². The number of aromatic nitrogens is 1. The van der Waals surface area contributed by atoms with Gasteiger partial charge in [-0.2, -0.15) is 0 Å². The number of hydrogen-bond acceptors (Lipinski definition) is 5. The van der Waals surface area contributed by atoms with Gasteiger partial charge >= 0.3 is 0 Å². The van der Waals surface area contributed by atoms with Crippen LogP contribution in [0.1, 0.15) is 22.7 Å². The Balaban J connectivity index is 1.81. The average molecular weight is 375 g/mol. The van der Waals surface area contributed by atoms with Crippen molar-refractivity contribution in [3.63, 3.8) is 0 Å². The third-order valence-corrected chi connectivity index (χ3v) is 5.25. The standard InChI is InChI=1S/C21H17N3O4/c1-27-11-6-10(7-12(8-11)28-2)18-13-4-3-5-15-16(13)14(9-22-15)17-19(23-18)21(26)24-20(17)25/h3-9,18,22-23H,1-2H3,(H,24,25,26). The fraction of sp³-hybridized carbons (Fsp3) is 0.143. The van der Waals surface area contributed by atoms with Gasteiger partial charge in [-0.1, -0.05) is 12.1 Å². The minimum absolute atomic E-state index is 0.272. The zero-order chi connectivity index (χ0) is 19.4. The van der Waals surface area contributed by atoms with Crippen molar-refractivity contribution < 1.29 is 19.1 Å². The monoisotopic (exact) mass is 375 g/mol. The summed E-state index contributed by atoms with van der Waals surface area (Å²) in [6.07, 6.45) is 1.78. The number of imide groups is 1. The molecule has 5 rings (SSSR count). The van der Waals surface area contributed by atoms with Gasteiger partial charge in [0, 0.05) is 28.7 Å². The lowest BCUT2D eigenvalue weighted by Gasteiger charge is -2.22. The first kappa shape index (κ1) is 16.4. The van der Waals surface area contributed by atoms with Crippen LogP contribution >= 0.6 is 0 Å². The van der Waals surface area contributed by atoms with Crippen LogP contribution in [0.4, 0.5) is 0 Å². The predicted octanol–water partition coefficient (Wildman–Crippen LogP) is 2.25. The first-order chi connectivity index (χ1) is 13.6. The molecule has 0 radical (unpaired) electrons. The number of nitrogens with one attached hydrogen (secondary N) is 3. The lowest BCUT2D eigenvalue weighted by molar-refractivity contribution is -0.123. The molecule has 0 bridgehead atoms. The van der Waals surface area contributed by atoms with Crippen LogP contribution in [-0.4, -0.2) is 31.0 Å². The van der Waals surface area contributed by atoms with E-state index in [9.17, 15) is 9.59 Å². The number of H-pyrrole nitrogens is 1. The van der Waals surface area contributed by atoms with E-state index in [-0.39, 0.29) is 11.7 Å². The van der Waals surface area contributed by atoms with Gasteiger partial charge < -0.3 is 19.8 Å². The van der Waals surface area contributed by atoms with E-state index >= 15 is 0 Å². The van der Waals surface area contributed by atoms with Crippen LogP contribution in [0.3, 0.4) is 0 Å². The van der Waals surface area contributed by atoms with Crippen molar-refractivity contribution in [3.05, 3.63) is 65.0 Å². The molecule has 1 atom stereocenters. The molecule has 3 aromatic rings.